The Morgan fingerprint density at radius 3 is 2.33 bits per heavy atom. The molecule has 27 heavy (non-hydrogen) atoms. The van der Waals surface area contributed by atoms with Crippen molar-refractivity contribution in [1.29, 1.82) is 0 Å². The van der Waals surface area contributed by atoms with Crippen LogP contribution in [0.4, 0.5) is 0 Å². The lowest BCUT2D eigenvalue weighted by Crippen LogP contribution is -2.42. The Morgan fingerprint density at radius 1 is 1.07 bits per heavy atom. The van der Waals surface area contributed by atoms with Gasteiger partial charge in [0, 0.05) is 24.7 Å². The van der Waals surface area contributed by atoms with Crippen molar-refractivity contribution in [2.75, 3.05) is 13.1 Å². The lowest BCUT2D eigenvalue weighted by atomic mass is 10.2. The Hall–Kier alpha value is -3.05. The SMILES string of the molecule is CCN(CC)S(=O)(=O)c1cccc(C(=O)NNC(=O)c2ccc(=O)[nH]n2)c1. The second kappa shape index (κ2) is 8.56. The third kappa shape index (κ3) is 4.77. The third-order valence-electron chi connectivity index (χ3n) is 3.64. The zero-order valence-corrected chi connectivity index (χ0v) is 15.5. The van der Waals surface area contributed by atoms with Gasteiger partial charge >= 0.3 is 0 Å². The van der Waals surface area contributed by atoms with E-state index in [0.717, 1.165) is 6.07 Å². The topological polar surface area (TPSA) is 141 Å². The number of aromatic amines is 1. The summed E-state index contributed by atoms with van der Waals surface area (Å²) in [5.74, 6) is -1.45. The highest BCUT2D eigenvalue weighted by atomic mass is 32.2. The summed E-state index contributed by atoms with van der Waals surface area (Å²) in [4.78, 5) is 35.0. The molecule has 0 saturated carbocycles. The summed E-state index contributed by atoms with van der Waals surface area (Å²) in [6.45, 7) is 4.05. The number of sulfonamides is 1. The Kier molecular flexibility index (Phi) is 6.42. The minimum absolute atomic E-state index is 0.0209. The summed E-state index contributed by atoms with van der Waals surface area (Å²) in [5.41, 5.74) is 3.79. The fourth-order valence-corrected chi connectivity index (χ4v) is 3.74. The molecule has 0 aliphatic rings. The van der Waals surface area contributed by atoms with E-state index >= 15 is 0 Å². The molecule has 0 atom stereocenters. The minimum Gasteiger partial charge on any atom is -0.268 e. The number of H-pyrrole nitrogens is 1. The third-order valence-corrected chi connectivity index (χ3v) is 5.69. The number of hydrogen-bond acceptors (Lipinski definition) is 6. The number of nitrogens with one attached hydrogen (secondary N) is 3. The van der Waals surface area contributed by atoms with Gasteiger partial charge in [-0.2, -0.15) is 9.40 Å². The van der Waals surface area contributed by atoms with Gasteiger partial charge in [-0.25, -0.2) is 13.5 Å². The second-order valence-electron chi connectivity index (χ2n) is 5.33. The molecule has 2 aromatic rings. The average molecular weight is 393 g/mol. The molecular weight excluding hydrogens is 374 g/mol. The van der Waals surface area contributed by atoms with E-state index in [1.165, 1.54) is 34.6 Å². The lowest BCUT2D eigenvalue weighted by Gasteiger charge is -2.18. The summed E-state index contributed by atoms with van der Waals surface area (Å²) >= 11 is 0. The predicted molar refractivity (Wildman–Crippen MR) is 96.3 cm³/mol. The molecule has 11 heteroatoms. The molecule has 1 heterocycles. The standard InChI is InChI=1S/C16H19N5O5S/c1-3-21(4-2)27(25,26)12-7-5-6-11(10-12)15(23)19-20-16(24)13-8-9-14(22)18-17-13/h5-10H,3-4H2,1-2H3,(H,18,22)(H,19,23)(H,20,24). The summed E-state index contributed by atoms with van der Waals surface area (Å²) in [6.07, 6.45) is 0. The fraction of sp³-hybridized carbons (Fsp3) is 0.250. The average Bonchev–Trinajstić information content (AvgIpc) is 2.67. The number of rotatable bonds is 6. The summed E-state index contributed by atoms with van der Waals surface area (Å²) in [7, 11) is -3.71. The highest BCUT2D eigenvalue weighted by Crippen LogP contribution is 2.16. The largest absolute Gasteiger partial charge is 0.290 e. The Balaban J connectivity index is 2.12. The predicted octanol–water partition coefficient (Wildman–Crippen LogP) is -0.125. The molecule has 3 N–H and O–H groups in total. The lowest BCUT2D eigenvalue weighted by molar-refractivity contribution is 0.0843. The van der Waals surface area contributed by atoms with E-state index in [4.69, 9.17) is 0 Å². The number of aromatic nitrogens is 2. The maximum atomic E-state index is 12.5. The molecule has 144 valence electrons. The summed E-state index contributed by atoms with van der Waals surface area (Å²) < 4.78 is 26.3. The van der Waals surface area contributed by atoms with Gasteiger partial charge < -0.3 is 0 Å². The maximum absolute atomic E-state index is 12.5. The van der Waals surface area contributed by atoms with Crippen LogP contribution in [0.1, 0.15) is 34.7 Å². The Labute approximate surface area is 155 Å². The molecule has 1 aromatic heterocycles. The van der Waals surface area contributed by atoms with Gasteiger partial charge in [0.15, 0.2) is 5.69 Å². The van der Waals surface area contributed by atoms with Crippen molar-refractivity contribution in [3.63, 3.8) is 0 Å². The number of hydrogen-bond donors (Lipinski definition) is 3. The molecule has 0 spiro atoms. The monoisotopic (exact) mass is 393 g/mol. The normalized spacial score (nSPS) is 11.2. The first-order chi connectivity index (χ1) is 12.8. The van der Waals surface area contributed by atoms with Gasteiger partial charge in [0.25, 0.3) is 17.4 Å². The molecule has 1 aromatic carbocycles. The number of carbonyl (C=O) groups is 2. The van der Waals surface area contributed by atoms with Gasteiger partial charge in [-0.3, -0.25) is 25.2 Å². The number of benzene rings is 1. The first-order valence-electron chi connectivity index (χ1n) is 8.06. The van der Waals surface area contributed by atoms with Crippen LogP contribution in [-0.2, 0) is 10.0 Å². The summed E-state index contributed by atoms with van der Waals surface area (Å²) in [6, 6.07) is 7.79. The van der Waals surface area contributed by atoms with Crippen LogP contribution in [0, 0.1) is 0 Å². The first kappa shape index (κ1) is 20.3. The molecule has 0 aliphatic carbocycles. The molecule has 0 saturated heterocycles. The zero-order chi connectivity index (χ0) is 20.0. The van der Waals surface area contributed by atoms with Crippen LogP contribution in [0.5, 0.6) is 0 Å². The minimum atomic E-state index is -3.71. The van der Waals surface area contributed by atoms with Crippen LogP contribution in [0.2, 0.25) is 0 Å². The van der Waals surface area contributed by atoms with Crippen molar-refractivity contribution in [3.8, 4) is 0 Å². The van der Waals surface area contributed by atoms with Gasteiger partial charge in [-0.05, 0) is 24.3 Å². The van der Waals surface area contributed by atoms with Crippen LogP contribution >= 0.6 is 0 Å². The molecule has 2 amide bonds. The molecular formula is C16H19N5O5S. The maximum Gasteiger partial charge on any atom is 0.290 e. The van der Waals surface area contributed by atoms with Gasteiger partial charge in [-0.15, -0.1) is 0 Å². The summed E-state index contributed by atoms with van der Waals surface area (Å²) in [5, 5.41) is 5.62. The molecule has 0 fully saturated rings. The van der Waals surface area contributed by atoms with Crippen molar-refractivity contribution in [1.82, 2.24) is 25.4 Å². The smallest absolute Gasteiger partial charge is 0.268 e. The van der Waals surface area contributed by atoms with E-state index in [1.54, 1.807) is 13.8 Å². The highest BCUT2D eigenvalue weighted by Gasteiger charge is 2.22. The van der Waals surface area contributed by atoms with Crippen LogP contribution < -0.4 is 16.4 Å². The molecule has 0 bridgehead atoms. The first-order valence-corrected chi connectivity index (χ1v) is 9.50. The van der Waals surface area contributed by atoms with Crippen molar-refractivity contribution >= 4 is 21.8 Å². The number of carbonyl (C=O) groups excluding carboxylic acids is 2. The van der Waals surface area contributed by atoms with Crippen molar-refractivity contribution < 1.29 is 18.0 Å². The van der Waals surface area contributed by atoms with Crippen molar-refractivity contribution in [2.24, 2.45) is 0 Å². The van der Waals surface area contributed by atoms with Gasteiger partial charge in [0.2, 0.25) is 10.0 Å². The fourth-order valence-electron chi connectivity index (χ4n) is 2.23. The number of nitrogens with zero attached hydrogens (tertiary/aromatic N) is 2. The second-order valence-corrected chi connectivity index (χ2v) is 7.27. The Morgan fingerprint density at radius 2 is 1.74 bits per heavy atom. The molecule has 2 rings (SSSR count). The van der Waals surface area contributed by atoms with E-state index in [2.05, 4.69) is 21.0 Å². The quantitative estimate of drug-likeness (QED) is 0.584. The van der Waals surface area contributed by atoms with Gasteiger partial charge in [0.1, 0.15) is 0 Å². The molecule has 0 aliphatic heterocycles. The van der Waals surface area contributed by atoms with E-state index in [9.17, 15) is 22.8 Å². The molecule has 10 nitrogen and oxygen atoms in total. The van der Waals surface area contributed by atoms with E-state index in [0.29, 0.717) is 13.1 Å². The Bertz CT molecular complexity index is 978. The van der Waals surface area contributed by atoms with Gasteiger partial charge in [-0.1, -0.05) is 19.9 Å². The van der Waals surface area contributed by atoms with E-state index < -0.39 is 27.4 Å². The van der Waals surface area contributed by atoms with E-state index in [-0.39, 0.29) is 16.2 Å². The van der Waals surface area contributed by atoms with Crippen LogP contribution in [0.3, 0.4) is 0 Å². The number of amides is 2. The van der Waals surface area contributed by atoms with E-state index in [1.807, 2.05) is 0 Å². The molecule has 0 radical (unpaired) electrons. The zero-order valence-electron chi connectivity index (χ0n) is 14.7. The van der Waals surface area contributed by atoms with Crippen molar-refractivity contribution in [3.05, 3.63) is 58.0 Å². The molecule has 0 unspecified atom stereocenters. The highest BCUT2D eigenvalue weighted by molar-refractivity contribution is 7.89. The van der Waals surface area contributed by atoms with Crippen LogP contribution in [0.15, 0.2) is 46.1 Å². The van der Waals surface area contributed by atoms with Crippen molar-refractivity contribution in [2.45, 2.75) is 18.7 Å². The van der Waals surface area contributed by atoms with Crippen LogP contribution in [0.25, 0.3) is 0 Å². The van der Waals surface area contributed by atoms with Gasteiger partial charge in [0.05, 0.1) is 4.90 Å². The van der Waals surface area contributed by atoms with Crippen LogP contribution in [-0.4, -0.2) is 47.8 Å². The number of hydrazine groups is 1.